The first-order chi connectivity index (χ1) is 13.5. The Hall–Kier alpha value is -3.06. The molecule has 1 aliphatic heterocycles. The standard InChI is InChI=1S/C21H24N4O3/c1-23(2)20(26)14-28-17-12-24-9-5-7-16(24)11-25(13-17)21(27)19-10-15-6-3-4-8-18(15)22-19/h3-10,17,22H,11-14H2,1-2H3/t17-/m0/s1. The van der Waals surface area contributed by atoms with Crippen molar-refractivity contribution in [2.24, 2.45) is 0 Å². The molecule has 0 aliphatic carbocycles. The van der Waals surface area contributed by atoms with E-state index in [1.54, 1.807) is 19.0 Å². The maximum absolute atomic E-state index is 13.2. The van der Waals surface area contributed by atoms with Gasteiger partial charge in [-0.25, -0.2) is 0 Å². The zero-order valence-corrected chi connectivity index (χ0v) is 16.1. The Balaban J connectivity index is 1.56. The lowest BCUT2D eigenvalue weighted by atomic mass is 10.2. The van der Waals surface area contributed by atoms with E-state index in [1.807, 2.05) is 48.7 Å². The number of carbonyl (C=O) groups is 2. The predicted molar refractivity (Wildman–Crippen MR) is 106 cm³/mol. The van der Waals surface area contributed by atoms with Gasteiger partial charge in [-0.15, -0.1) is 0 Å². The molecule has 3 aromatic rings. The lowest BCUT2D eigenvalue weighted by Gasteiger charge is -2.24. The van der Waals surface area contributed by atoms with Gasteiger partial charge < -0.3 is 24.1 Å². The van der Waals surface area contributed by atoms with Gasteiger partial charge in [0.05, 0.1) is 19.2 Å². The third-order valence-corrected chi connectivity index (χ3v) is 5.09. The summed E-state index contributed by atoms with van der Waals surface area (Å²) in [6.07, 6.45) is 1.72. The van der Waals surface area contributed by atoms with Crippen molar-refractivity contribution in [1.82, 2.24) is 19.4 Å². The van der Waals surface area contributed by atoms with Crippen LogP contribution in [0, 0.1) is 0 Å². The van der Waals surface area contributed by atoms with Crippen LogP contribution in [0.3, 0.4) is 0 Å². The van der Waals surface area contributed by atoms with E-state index in [2.05, 4.69) is 9.55 Å². The summed E-state index contributed by atoms with van der Waals surface area (Å²) in [6.45, 7) is 1.54. The highest BCUT2D eigenvalue weighted by Crippen LogP contribution is 2.20. The Labute approximate surface area is 163 Å². The molecule has 1 aliphatic rings. The molecule has 2 aromatic heterocycles. The van der Waals surface area contributed by atoms with Crippen molar-refractivity contribution in [3.8, 4) is 0 Å². The molecule has 0 radical (unpaired) electrons. The lowest BCUT2D eigenvalue weighted by molar-refractivity contribution is -0.136. The van der Waals surface area contributed by atoms with Crippen LogP contribution in [0.2, 0.25) is 0 Å². The van der Waals surface area contributed by atoms with Crippen LogP contribution in [-0.4, -0.2) is 64.5 Å². The van der Waals surface area contributed by atoms with Crippen LogP contribution in [0.1, 0.15) is 16.2 Å². The molecule has 0 saturated carbocycles. The molecule has 2 amide bonds. The fourth-order valence-electron chi connectivity index (χ4n) is 3.49. The molecular formula is C21H24N4O3. The number of likely N-dealkylation sites (N-methyl/N-ethyl adjacent to an activating group) is 1. The van der Waals surface area contributed by atoms with Crippen LogP contribution in [0.5, 0.6) is 0 Å². The van der Waals surface area contributed by atoms with Crippen molar-refractivity contribution in [3.05, 3.63) is 60.0 Å². The van der Waals surface area contributed by atoms with Gasteiger partial charge in [0.15, 0.2) is 0 Å². The smallest absolute Gasteiger partial charge is 0.270 e. The van der Waals surface area contributed by atoms with E-state index in [0.29, 0.717) is 25.3 Å². The van der Waals surface area contributed by atoms with E-state index in [1.165, 1.54) is 4.90 Å². The van der Waals surface area contributed by atoms with E-state index >= 15 is 0 Å². The first kappa shape index (κ1) is 18.3. The number of hydrogen-bond acceptors (Lipinski definition) is 3. The predicted octanol–water partition coefficient (Wildman–Crippen LogP) is 2.10. The summed E-state index contributed by atoms with van der Waals surface area (Å²) in [5.74, 6) is -0.163. The number of benzene rings is 1. The molecular weight excluding hydrogens is 356 g/mol. The first-order valence-electron chi connectivity index (χ1n) is 9.34. The highest BCUT2D eigenvalue weighted by atomic mass is 16.5. The van der Waals surface area contributed by atoms with Crippen LogP contribution in [-0.2, 0) is 22.6 Å². The molecule has 146 valence electrons. The van der Waals surface area contributed by atoms with Gasteiger partial charge in [-0.3, -0.25) is 9.59 Å². The Morgan fingerprint density at radius 2 is 2.00 bits per heavy atom. The van der Waals surface area contributed by atoms with Gasteiger partial charge in [0, 0.05) is 43.4 Å². The molecule has 7 heteroatoms. The van der Waals surface area contributed by atoms with Crippen LogP contribution in [0.15, 0.2) is 48.7 Å². The molecule has 28 heavy (non-hydrogen) atoms. The lowest BCUT2D eigenvalue weighted by Crippen LogP contribution is -2.39. The number of aromatic nitrogens is 2. The van der Waals surface area contributed by atoms with Crippen molar-refractivity contribution < 1.29 is 14.3 Å². The quantitative estimate of drug-likeness (QED) is 0.754. The summed E-state index contributed by atoms with van der Waals surface area (Å²) in [6, 6.07) is 13.7. The maximum atomic E-state index is 13.2. The van der Waals surface area contributed by atoms with Gasteiger partial charge in [0.2, 0.25) is 5.91 Å². The fraction of sp³-hybridized carbons (Fsp3) is 0.333. The van der Waals surface area contributed by atoms with Crippen LogP contribution >= 0.6 is 0 Å². The molecule has 0 fully saturated rings. The van der Waals surface area contributed by atoms with Crippen LogP contribution < -0.4 is 0 Å². The largest absolute Gasteiger partial charge is 0.365 e. The molecule has 3 heterocycles. The first-order valence-corrected chi connectivity index (χ1v) is 9.34. The number of nitrogens with zero attached hydrogens (tertiary/aromatic N) is 3. The summed E-state index contributed by atoms with van der Waals surface area (Å²) >= 11 is 0. The number of H-pyrrole nitrogens is 1. The highest BCUT2D eigenvalue weighted by Gasteiger charge is 2.27. The number of ether oxygens (including phenoxy) is 1. The fourth-order valence-corrected chi connectivity index (χ4v) is 3.49. The minimum atomic E-state index is -0.258. The van der Waals surface area contributed by atoms with E-state index in [0.717, 1.165) is 16.6 Å². The molecule has 0 spiro atoms. The summed E-state index contributed by atoms with van der Waals surface area (Å²) in [4.78, 5) is 31.6. The van der Waals surface area contributed by atoms with Gasteiger partial charge in [-0.05, 0) is 24.3 Å². The average Bonchev–Trinajstić information content (AvgIpc) is 3.27. The zero-order valence-electron chi connectivity index (χ0n) is 16.1. The van der Waals surface area contributed by atoms with Crippen molar-refractivity contribution in [2.45, 2.75) is 19.2 Å². The second kappa shape index (κ2) is 7.52. The molecule has 4 rings (SSSR count). The van der Waals surface area contributed by atoms with E-state index < -0.39 is 0 Å². The second-order valence-electron chi connectivity index (χ2n) is 7.33. The maximum Gasteiger partial charge on any atom is 0.270 e. The topological polar surface area (TPSA) is 70.6 Å². The van der Waals surface area contributed by atoms with Crippen LogP contribution in [0.4, 0.5) is 0 Å². The molecule has 7 nitrogen and oxygen atoms in total. The Morgan fingerprint density at radius 1 is 1.18 bits per heavy atom. The Bertz CT molecular complexity index is 971. The number of para-hydroxylation sites is 1. The Kier molecular flexibility index (Phi) is 4.92. The number of carbonyl (C=O) groups excluding carboxylic acids is 2. The molecule has 1 N–H and O–H groups in total. The molecule has 0 unspecified atom stereocenters. The number of amides is 2. The minimum absolute atomic E-state index is 0.00267. The van der Waals surface area contributed by atoms with E-state index in [9.17, 15) is 9.59 Å². The molecule has 1 atom stereocenters. The van der Waals surface area contributed by atoms with Crippen molar-refractivity contribution in [2.75, 3.05) is 27.2 Å². The third kappa shape index (κ3) is 3.66. The molecule has 0 bridgehead atoms. The van der Waals surface area contributed by atoms with Crippen molar-refractivity contribution >= 4 is 22.7 Å². The second-order valence-corrected chi connectivity index (χ2v) is 7.33. The summed E-state index contributed by atoms with van der Waals surface area (Å²) in [5, 5.41) is 1.01. The van der Waals surface area contributed by atoms with Gasteiger partial charge in [-0.2, -0.15) is 0 Å². The summed E-state index contributed by atoms with van der Waals surface area (Å²) in [5.41, 5.74) is 2.55. The number of fused-ring (bicyclic) bond motifs is 2. The van der Waals surface area contributed by atoms with Crippen molar-refractivity contribution in [3.63, 3.8) is 0 Å². The number of hydrogen-bond donors (Lipinski definition) is 1. The summed E-state index contributed by atoms with van der Waals surface area (Å²) in [7, 11) is 3.41. The number of aromatic amines is 1. The average molecular weight is 380 g/mol. The SMILES string of the molecule is CN(C)C(=O)CO[C@@H]1CN(C(=O)c2cc3ccccc3[nH]2)Cc2cccn2C1. The monoisotopic (exact) mass is 380 g/mol. The van der Waals surface area contributed by atoms with E-state index in [-0.39, 0.29) is 24.5 Å². The van der Waals surface area contributed by atoms with Gasteiger partial charge in [0.25, 0.3) is 5.91 Å². The minimum Gasteiger partial charge on any atom is -0.365 e. The van der Waals surface area contributed by atoms with Gasteiger partial charge in [0.1, 0.15) is 12.3 Å². The van der Waals surface area contributed by atoms with Crippen molar-refractivity contribution in [1.29, 1.82) is 0 Å². The Morgan fingerprint density at radius 3 is 2.79 bits per heavy atom. The van der Waals surface area contributed by atoms with Crippen LogP contribution in [0.25, 0.3) is 10.9 Å². The third-order valence-electron chi connectivity index (χ3n) is 5.09. The van der Waals surface area contributed by atoms with Gasteiger partial charge in [-0.1, -0.05) is 18.2 Å². The number of nitrogens with one attached hydrogen (secondary N) is 1. The van der Waals surface area contributed by atoms with Gasteiger partial charge >= 0.3 is 0 Å². The zero-order chi connectivity index (χ0) is 19.7. The number of rotatable bonds is 4. The molecule has 0 saturated heterocycles. The normalized spacial score (nSPS) is 16.6. The van der Waals surface area contributed by atoms with E-state index in [4.69, 9.17) is 4.74 Å². The highest BCUT2D eigenvalue weighted by molar-refractivity contribution is 5.98. The molecule has 1 aromatic carbocycles. The summed E-state index contributed by atoms with van der Waals surface area (Å²) < 4.78 is 7.96.